The number of nitrogens with one attached hydrogen (secondary N) is 2. The molecule has 0 bridgehead atoms. The number of benzene rings is 1. The normalized spacial score (nSPS) is 10.5. The highest BCUT2D eigenvalue weighted by atomic mass is 16.5. The molecule has 0 saturated carbocycles. The van der Waals surface area contributed by atoms with Gasteiger partial charge in [-0.25, -0.2) is 0 Å². The summed E-state index contributed by atoms with van der Waals surface area (Å²) in [6.45, 7) is 0. The zero-order valence-electron chi connectivity index (χ0n) is 11.5. The number of hydrogen-bond acceptors (Lipinski definition) is 4. The van der Waals surface area contributed by atoms with E-state index in [4.69, 9.17) is 4.74 Å². The Bertz CT molecular complexity index is 765. The predicted octanol–water partition coefficient (Wildman–Crippen LogP) is 2.15. The van der Waals surface area contributed by atoms with Crippen LogP contribution < -0.4 is 10.1 Å². The van der Waals surface area contributed by atoms with E-state index in [2.05, 4.69) is 20.5 Å². The van der Waals surface area contributed by atoms with Gasteiger partial charge < -0.3 is 15.0 Å². The first-order valence-corrected chi connectivity index (χ1v) is 6.48. The average Bonchev–Trinajstić information content (AvgIpc) is 2.95. The third-order valence-electron chi connectivity index (χ3n) is 3.10. The molecule has 6 nitrogen and oxygen atoms in total. The van der Waals surface area contributed by atoms with Crippen LogP contribution in [0.4, 0.5) is 5.82 Å². The van der Waals surface area contributed by atoms with Gasteiger partial charge in [-0.2, -0.15) is 0 Å². The quantitative estimate of drug-likeness (QED) is 0.768. The van der Waals surface area contributed by atoms with Crippen molar-refractivity contribution in [3.05, 3.63) is 48.2 Å². The molecule has 1 aromatic carbocycles. The molecule has 2 aromatic heterocycles. The third-order valence-corrected chi connectivity index (χ3v) is 3.10. The molecule has 0 radical (unpaired) electrons. The van der Waals surface area contributed by atoms with E-state index in [0.717, 1.165) is 16.5 Å². The Morgan fingerprint density at radius 2 is 2.14 bits per heavy atom. The van der Waals surface area contributed by atoms with Crippen LogP contribution in [0.2, 0.25) is 0 Å². The first-order valence-electron chi connectivity index (χ1n) is 6.48. The highest BCUT2D eigenvalue weighted by molar-refractivity contribution is 5.92. The Hall–Kier alpha value is -2.89. The smallest absolute Gasteiger partial charge is 0.233 e. The number of amides is 1. The van der Waals surface area contributed by atoms with Crippen molar-refractivity contribution in [1.82, 2.24) is 15.2 Å². The van der Waals surface area contributed by atoms with Crippen molar-refractivity contribution in [1.29, 1.82) is 0 Å². The van der Waals surface area contributed by atoms with Crippen molar-refractivity contribution in [3.63, 3.8) is 0 Å². The lowest BCUT2D eigenvalue weighted by molar-refractivity contribution is -0.115. The van der Waals surface area contributed by atoms with Gasteiger partial charge in [0.05, 0.1) is 13.5 Å². The summed E-state index contributed by atoms with van der Waals surface area (Å²) in [7, 11) is 1.51. The number of rotatable bonds is 4. The van der Waals surface area contributed by atoms with E-state index in [9.17, 15) is 4.79 Å². The zero-order chi connectivity index (χ0) is 14.7. The molecule has 0 aliphatic rings. The topological polar surface area (TPSA) is 79.9 Å². The monoisotopic (exact) mass is 282 g/mol. The predicted molar refractivity (Wildman–Crippen MR) is 79.2 cm³/mol. The molecule has 6 heteroatoms. The number of carbonyl (C=O) groups is 1. The van der Waals surface area contributed by atoms with Gasteiger partial charge in [0.1, 0.15) is 0 Å². The molecule has 3 rings (SSSR count). The van der Waals surface area contributed by atoms with Crippen molar-refractivity contribution in [2.45, 2.75) is 6.42 Å². The van der Waals surface area contributed by atoms with Gasteiger partial charge in [-0.3, -0.25) is 4.79 Å². The van der Waals surface area contributed by atoms with Crippen LogP contribution in [0.1, 0.15) is 5.56 Å². The number of carbonyl (C=O) groups excluding carboxylic acids is 1. The van der Waals surface area contributed by atoms with Crippen molar-refractivity contribution in [2.24, 2.45) is 0 Å². The molecule has 3 aromatic rings. The number of methoxy groups -OCH3 is 1. The first kappa shape index (κ1) is 13.1. The van der Waals surface area contributed by atoms with Gasteiger partial charge in [-0.1, -0.05) is 12.1 Å². The Balaban J connectivity index is 1.67. The van der Waals surface area contributed by atoms with Gasteiger partial charge in [0, 0.05) is 17.8 Å². The maximum absolute atomic E-state index is 12.0. The maximum Gasteiger partial charge on any atom is 0.233 e. The van der Waals surface area contributed by atoms with E-state index in [0.29, 0.717) is 11.7 Å². The van der Waals surface area contributed by atoms with Crippen molar-refractivity contribution in [3.8, 4) is 5.88 Å². The summed E-state index contributed by atoms with van der Waals surface area (Å²) >= 11 is 0. The van der Waals surface area contributed by atoms with Crippen molar-refractivity contribution >= 4 is 22.6 Å². The molecule has 21 heavy (non-hydrogen) atoms. The minimum atomic E-state index is -0.139. The molecule has 0 fully saturated rings. The first-order chi connectivity index (χ1) is 10.2. The van der Waals surface area contributed by atoms with Gasteiger partial charge in [0.15, 0.2) is 5.82 Å². The highest BCUT2D eigenvalue weighted by Crippen LogP contribution is 2.15. The standard InChI is InChI=1S/C15H14N4O2/c1-21-15-5-4-13(18-19-15)17-14(20)9-10-2-3-11-6-7-16-12(11)8-10/h2-8,16H,9H2,1H3,(H,17,18,20). The third kappa shape index (κ3) is 3.00. The number of nitrogens with zero attached hydrogens (tertiary/aromatic N) is 2. The summed E-state index contributed by atoms with van der Waals surface area (Å²) < 4.78 is 4.91. The van der Waals surface area contributed by atoms with Crippen LogP contribution in [0, 0.1) is 0 Å². The van der Waals surface area contributed by atoms with E-state index < -0.39 is 0 Å². The lowest BCUT2D eigenvalue weighted by Crippen LogP contribution is -2.15. The maximum atomic E-state index is 12.0. The van der Waals surface area contributed by atoms with E-state index in [-0.39, 0.29) is 12.3 Å². The van der Waals surface area contributed by atoms with E-state index >= 15 is 0 Å². The number of fused-ring (bicyclic) bond motifs is 1. The molecule has 2 N–H and O–H groups in total. The van der Waals surface area contributed by atoms with Crippen LogP contribution >= 0.6 is 0 Å². The van der Waals surface area contributed by atoms with E-state index in [1.807, 2.05) is 30.5 Å². The number of aromatic amines is 1. The van der Waals surface area contributed by atoms with Crippen LogP contribution in [-0.4, -0.2) is 28.2 Å². The molecule has 0 spiro atoms. The minimum absolute atomic E-state index is 0.139. The summed E-state index contributed by atoms with van der Waals surface area (Å²) in [5.74, 6) is 0.673. The fourth-order valence-corrected chi connectivity index (χ4v) is 2.07. The SMILES string of the molecule is COc1ccc(NC(=O)Cc2ccc3cc[nH]c3c2)nn1. The number of anilines is 1. The number of H-pyrrole nitrogens is 1. The summed E-state index contributed by atoms with van der Waals surface area (Å²) in [4.78, 5) is 15.1. The zero-order valence-corrected chi connectivity index (χ0v) is 11.5. The second-order valence-corrected chi connectivity index (χ2v) is 4.59. The lowest BCUT2D eigenvalue weighted by Gasteiger charge is -2.05. The molecule has 0 aliphatic heterocycles. The Morgan fingerprint density at radius 3 is 2.90 bits per heavy atom. The Kier molecular flexibility index (Phi) is 3.51. The van der Waals surface area contributed by atoms with Crippen molar-refractivity contribution < 1.29 is 9.53 Å². The van der Waals surface area contributed by atoms with Crippen LogP contribution in [0.15, 0.2) is 42.6 Å². The molecule has 0 saturated heterocycles. The fourth-order valence-electron chi connectivity index (χ4n) is 2.07. The van der Waals surface area contributed by atoms with Crippen LogP contribution in [0.3, 0.4) is 0 Å². The van der Waals surface area contributed by atoms with Crippen LogP contribution in [-0.2, 0) is 11.2 Å². The molecule has 0 unspecified atom stereocenters. The molecular weight excluding hydrogens is 268 g/mol. The van der Waals surface area contributed by atoms with Crippen LogP contribution in [0.5, 0.6) is 5.88 Å². The summed E-state index contributed by atoms with van der Waals surface area (Å²) in [6, 6.07) is 11.2. The van der Waals surface area contributed by atoms with Gasteiger partial charge in [-0.05, 0) is 29.1 Å². The summed E-state index contributed by atoms with van der Waals surface area (Å²) in [6.07, 6.45) is 2.16. The number of ether oxygens (including phenoxy) is 1. The Morgan fingerprint density at radius 1 is 1.24 bits per heavy atom. The van der Waals surface area contributed by atoms with Crippen LogP contribution in [0.25, 0.3) is 10.9 Å². The molecule has 0 atom stereocenters. The van der Waals surface area contributed by atoms with E-state index in [1.54, 1.807) is 12.1 Å². The second-order valence-electron chi connectivity index (χ2n) is 4.59. The van der Waals surface area contributed by atoms with E-state index in [1.165, 1.54) is 7.11 Å². The Labute approximate surface area is 121 Å². The summed E-state index contributed by atoms with van der Waals surface area (Å²) in [5, 5.41) is 11.5. The molecule has 2 heterocycles. The molecule has 0 aliphatic carbocycles. The largest absolute Gasteiger partial charge is 0.480 e. The molecule has 1 amide bonds. The lowest BCUT2D eigenvalue weighted by atomic mass is 10.1. The highest BCUT2D eigenvalue weighted by Gasteiger charge is 2.07. The van der Waals surface area contributed by atoms with Crippen molar-refractivity contribution in [2.75, 3.05) is 12.4 Å². The second kappa shape index (κ2) is 5.62. The minimum Gasteiger partial charge on any atom is -0.480 e. The van der Waals surface area contributed by atoms with Gasteiger partial charge in [-0.15, -0.1) is 10.2 Å². The van der Waals surface area contributed by atoms with Gasteiger partial charge in [0.25, 0.3) is 0 Å². The molecule has 106 valence electrons. The average molecular weight is 282 g/mol. The van der Waals surface area contributed by atoms with Gasteiger partial charge in [0.2, 0.25) is 11.8 Å². The summed E-state index contributed by atoms with van der Waals surface area (Å²) in [5.41, 5.74) is 1.95. The number of hydrogen-bond donors (Lipinski definition) is 2. The number of aromatic nitrogens is 3. The fraction of sp³-hybridized carbons (Fsp3) is 0.133. The molecular formula is C15H14N4O2. The van der Waals surface area contributed by atoms with Gasteiger partial charge >= 0.3 is 0 Å².